The van der Waals surface area contributed by atoms with Gasteiger partial charge in [0.15, 0.2) is 5.13 Å². The molecule has 130 valence electrons. The lowest BCUT2D eigenvalue weighted by atomic mass is 10.2. The van der Waals surface area contributed by atoms with Gasteiger partial charge in [-0.05, 0) is 29.8 Å². The molecule has 0 fully saturated rings. The Hall–Kier alpha value is -2.75. The van der Waals surface area contributed by atoms with Crippen molar-refractivity contribution in [1.29, 1.82) is 0 Å². The molecule has 25 heavy (non-hydrogen) atoms. The first-order valence-electron chi connectivity index (χ1n) is 6.93. The van der Waals surface area contributed by atoms with Crippen LogP contribution in [-0.4, -0.2) is 20.7 Å². The average molecular weight is 370 g/mol. The van der Waals surface area contributed by atoms with Crippen LogP contribution in [0.5, 0.6) is 0 Å². The molecule has 0 aliphatic carbocycles. The second-order valence-electron chi connectivity index (χ2n) is 5.02. The average Bonchev–Trinajstić information content (AvgIpc) is 3.17. The lowest BCUT2D eigenvalue weighted by Crippen LogP contribution is -2.13. The summed E-state index contributed by atoms with van der Waals surface area (Å²) in [5.74, 6) is -0.890. The normalized spacial score (nSPS) is 11.5. The SMILES string of the molecule is O=C(Cc1cnn(-c2ccc(F)cc2)c1)Nc1ncc(C(F)(F)F)s1. The summed E-state index contributed by atoms with van der Waals surface area (Å²) in [5, 5.41) is 6.26. The van der Waals surface area contributed by atoms with Crippen LogP contribution in [0.2, 0.25) is 0 Å². The van der Waals surface area contributed by atoms with Crippen molar-refractivity contribution in [3.05, 3.63) is 59.1 Å². The number of nitrogens with zero attached hydrogens (tertiary/aromatic N) is 3. The molecule has 1 aromatic carbocycles. The molecule has 0 aliphatic rings. The van der Waals surface area contributed by atoms with E-state index in [9.17, 15) is 22.4 Å². The number of hydrogen-bond donors (Lipinski definition) is 1. The molecule has 0 radical (unpaired) electrons. The number of carbonyl (C=O) groups is 1. The monoisotopic (exact) mass is 370 g/mol. The molecule has 1 N–H and O–H groups in total. The Morgan fingerprint density at radius 1 is 1.20 bits per heavy atom. The van der Waals surface area contributed by atoms with Crippen molar-refractivity contribution in [3.63, 3.8) is 0 Å². The van der Waals surface area contributed by atoms with E-state index >= 15 is 0 Å². The Labute approximate surface area is 142 Å². The Balaban J connectivity index is 1.64. The van der Waals surface area contributed by atoms with Crippen LogP contribution in [0.3, 0.4) is 0 Å². The molecule has 2 aromatic heterocycles. The second kappa shape index (κ2) is 6.63. The fourth-order valence-electron chi connectivity index (χ4n) is 2.00. The van der Waals surface area contributed by atoms with Gasteiger partial charge in [-0.2, -0.15) is 18.3 Å². The minimum absolute atomic E-state index is 0.0812. The quantitative estimate of drug-likeness (QED) is 0.713. The van der Waals surface area contributed by atoms with Crippen LogP contribution in [0.1, 0.15) is 10.4 Å². The van der Waals surface area contributed by atoms with Gasteiger partial charge in [0.2, 0.25) is 5.91 Å². The van der Waals surface area contributed by atoms with E-state index in [0.29, 0.717) is 28.8 Å². The largest absolute Gasteiger partial charge is 0.427 e. The van der Waals surface area contributed by atoms with Crippen molar-refractivity contribution in [2.75, 3.05) is 5.32 Å². The summed E-state index contributed by atoms with van der Waals surface area (Å²) in [5.41, 5.74) is 1.16. The molecule has 0 spiro atoms. The summed E-state index contributed by atoms with van der Waals surface area (Å²) in [6.45, 7) is 0. The molecule has 3 rings (SSSR count). The molecule has 10 heteroatoms. The van der Waals surface area contributed by atoms with Gasteiger partial charge in [-0.1, -0.05) is 11.3 Å². The summed E-state index contributed by atoms with van der Waals surface area (Å²) in [7, 11) is 0. The topological polar surface area (TPSA) is 59.8 Å². The number of thiazole rings is 1. The molecule has 0 bridgehead atoms. The number of hydrogen-bond acceptors (Lipinski definition) is 4. The number of nitrogens with one attached hydrogen (secondary N) is 1. The summed E-state index contributed by atoms with van der Waals surface area (Å²) in [4.78, 5) is 14.6. The molecule has 1 amide bonds. The van der Waals surface area contributed by atoms with E-state index in [1.54, 1.807) is 6.20 Å². The fourth-order valence-corrected chi connectivity index (χ4v) is 2.70. The van der Waals surface area contributed by atoms with Crippen molar-refractivity contribution in [3.8, 4) is 5.69 Å². The first kappa shape index (κ1) is 17.1. The third-order valence-corrected chi connectivity index (χ3v) is 4.08. The molecule has 0 unspecified atom stereocenters. The van der Waals surface area contributed by atoms with Crippen LogP contribution >= 0.6 is 11.3 Å². The van der Waals surface area contributed by atoms with E-state index in [4.69, 9.17) is 0 Å². The van der Waals surface area contributed by atoms with Gasteiger partial charge in [0.1, 0.15) is 10.7 Å². The number of amides is 1. The minimum Gasteiger partial charge on any atom is -0.302 e. The van der Waals surface area contributed by atoms with Crippen LogP contribution in [0, 0.1) is 5.82 Å². The maximum atomic E-state index is 12.9. The van der Waals surface area contributed by atoms with Crippen molar-refractivity contribution in [2.45, 2.75) is 12.6 Å². The molecule has 5 nitrogen and oxygen atoms in total. The lowest BCUT2D eigenvalue weighted by Gasteiger charge is -2.01. The third-order valence-electron chi connectivity index (χ3n) is 3.12. The first-order chi connectivity index (χ1) is 11.8. The summed E-state index contributed by atoms with van der Waals surface area (Å²) < 4.78 is 51.9. The van der Waals surface area contributed by atoms with Crippen molar-refractivity contribution in [2.24, 2.45) is 0 Å². The van der Waals surface area contributed by atoms with Crippen molar-refractivity contribution < 1.29 is 22.4 Å². The first-order valence-corrected chi connectivity index (χ1v) is 7.75. The van der Waals surface area contributed by atoms with Gasteiger partial charge < -0.3 is 5.32 Å². The van der Waals surface area contributed by atoms with Crippen LogP contribution in [-0.2, 0) is 17.4 Å². The highest BCUT2D eigenvalue weighted by Gasteiger charge is 2.33. The third kappa shape index (κ3) is 4.21. The molecule has 0 atom stereocenters. The van der Waals surface area contributed by atoms with E-state index in [-0.39, 0.29) is 17.4 Å². The number of alkyl halides is 3. The number of anilines is 1. The Bertz CT molecular complexity index is 886. The van der Waals surface area contributed by atoms with E-state index in [1.807, 2.05) is 0 Å². The Morgan fingerprint density at radius 3 is 2.56 bits per heavy atom. The van der Waals surface area contributed by atoms with Gasteiger partial charge in [0.05, 0.1) is 24.5 Å². The van der Waals surface area contributed by atoms with Gasteiger partial charge in [-0.15, -0.1) is 0 Å². The lowest BCUT2D eigenvalue weighted by molar-refractivity contribution is -0.134. The van der Waals surface area contributed by atoms with Gasteiger partial charge in [0, 0.05) is 6.20 Å². The van der Waals surface area contributed by atoms with Gasteiger partial charge in [0.25, 0.3) is 0 Å². The zero-order valence-corrected chi connectivity index (χ0v) is 13.2. The predicted molar refractivity (Wildman–Crippen MR) is 83.0 cm³/mol. The molecule has 3 aromatic rings. The van der Waals surface area contributed by atoms with Gasteiger partial charge >= 0.3 is 6.18 Å². The molecule has 0 saturated carbocycles. The number of aromatic nitrogens is 3. The van der Waals surface area contributed by atoms with Crippen LogP contribution in [0.4, 0.5) is 22.7 Å². The number of halogens is 4. The van der Waals surface area contributed by atoms with E-state index in [1.165, 1.54) is 35.1 Å². The molecule has 0 saturated heterocycles. The summed E-state index contributed by atoms with van der Waals surface area (Å²) in [6, 6.07) is 5.62. The number of carbonyl (C=O) groups excluding carboxylic acids is 1. The highest BCUT2D eigenvalue weighted by molar-refractivity contribution is 7.15. The van der Waals surface area contributed by atoms with Crippen molar-refractivity contribution in [1.82, 2.24) is 14.8 Å². The summed E-state index contributed by atoms with van der Waals surface area (Å²) >= 11 is 0.358. The fraction of sp³-hybridized carbons (Fsp3) is 0.133. The molecular formula is C15H10F4N4OS. The molecule has 2 heterocycles. The van der Waals surface area contributed by atoms with Crippen LogP contribution in [0.15, 0.2) is 42.9 Å². The minimum atomic E-state index is -4.49. The highest BCUT2D eigenvalue weighted by Crippen LogP contribution is 2.34. The van der Waals surface area contributed by atoms with E-state index in [0.717, 1.165) is 0 Å². The smallest absolute Gasteiger partial charge is 0.302 e. The summed E-state index contributed by atoms with van der Waals surface area (Å²) in [6.07, 6.45) is -0.867. The maximum Gasteiger partial charge on any atom is 0.427 e. The zero-order valence-electron chi connectivity index (χ0n) is 12.4. The number of benzene rings is 1. The highest BCUT2D eigenvalue weighted by atomic mass is 32.1. The maximum absolute atomic E-state index is 12.9. The van der Waals surface area contributed by atoms with Crippen LogP contribution < -0.4 is 5.32 Å². The van der Waals surface area contributed by atoms with Crippen LogP contribution in [0.25, 0.3) is 5.69 Å². The van der Waals surface area contributed by atoms with E-state index < -0.39 is 17.0 Å². The second-order valence-corrected chi connectivity index (χ2v) is 6.05. The standard InChI is InChI=1S/C15H10F4N4OS/c16-10-1-3-11(4-2-10)23-8-9(6-21-23)5-13(24)22-14-20-7-12(25-14)15(17,18)19/h1-4,6-8H,5H2,(H,20,22,24). The zero-order chi connectivity index (χ0) is 18.0. The molecule has 0 aliphatic heterocycles. The molecular weight excluding hydrogens is 360 g/mol. The number of rotatable bonds is 4. The van der Waals surface area contributed by atoms with Gasteiger partial charge in [-0.3, -0.25) is 4.79 Å². The van der Waals surface area contributed by atoms with Crippen molar-refractivity contribution >= 4 is 22.4 Å². The van der Waals surface area contributed by atoms with Gasteiger partial charge in [-0.25, -0.2) is 14.1 Å². The Kier molecular flexibility index (Phi) is 4.53. The van der Waals surface area contributed by atoms with E-state index in [2.05, 4.69) is 15.4 Å². The Morgan fingerprint density at radius 2 is 1.92 bits per heavy atom. The predicted octanol–water partition coefficient (Wildman–Crippen LogP) is 3.67.